The highest BCUT2D eigenvalue weighted by atomic mass is 19.1. The Labute approximate surface area is 114 Å². The molecule has 0 spiro atoms. The maximum Gasteiger partial charge on any atom is 0.139 e. The van der Waals surface area contributed by atoms with E-state index in [0.29, 0.717) is 21.5 Å². The molecule has 0 atom stereocenters. The van der Waals surface area contributed by atoms with Gasteiger partial charge in [-0.25, -0.2) is 8.78 Å². The van der Waals surface area contributed by atoms with Crippen molar-refractivity contribution >= 4 is 32.3 Å². The van der Waals surface area contributed by atoms with Crippen molar-refractivity contribution in [1.29, 1.82) is 0 Å². The Bertz CT molecular complexity index is 971. The predicted molar refractivity (Wildman–Crippen MR) is 78.9 cm³/mol. The largest absolute Gasteiger partial charge is 0.206 e. The van der Waals surface area contributed by atoms with Crippen LogP contribution in [0.25, 0.3) is 32.3 Å². The number of benzene rings is 4. The average molecular weight is 264 g/mol. The zero-order valence-electron chi connectivity index (χ0n) is 10.5. The summed E-state index contributed by atoms with van der Waals surface area (Å²) in [4.78, 5) is 0. The number of rotatable bonds is 0. The van der Waals surface area contributed by atoms with Gasteiger partial charge in [0.15, 0.2) is 0 Å². The lowest BCUT2D eigenvalue weighted by Crippen LogP contribution is -1.90. The molecule has 2 heteroatoms. The zero-order chi connectivity index (χ0) is 13.7. The topological polar surface area (TPSA) is 0 Å². The highest BCUT2D eigenvalue weighted by molar-refractivity contribution is 6.12. The normalized spacial score (nSPS) is 11.5. The predicted octanol–water partition coefficient (Wildman–Crippen LogP) is 5.42. The monoisotopic (exact) mass is 264 g/mol. The minimum atomic E-state index is -0.359. The van der Waals surface area contributed by atoms with Crippen molar-refractivity contribution in [3.8, 4) is 0 Å². The van der Waals surface area contributed by atoms with E-state index in [0.717, 1.165) is 10.8 Å². The highest BCUT2D eigenvalue weighted by Crippen LogP contribution is 2.34. The summed E-state index contributed by atoms with van der Waals surface area (Å²) >= 11 is 0. The molecule has 0 unspecified atom stereocenters. The van der Waals surface area contributed by atoms with Crippen molar-refractivity contribution in [1.82, 2.24) is 0 Å². The second kappa shape index (κ2) is 4.01. The third kappa shape index (κ3) is 1.39. The fourth-order valence-electron chi connectivity index (χ4n) is 2.84. The van der Waals surface area contributed by atoms with Crippen LogP contribution in [0.5, 0.6) is 0 Å². The molecule has 0 saturated carbocycles. The SMILES string of the molecule is Fc1c2ccccc2c(F)c2c1ccc1ccccc12. The molecule has 4 aromatic carbocycles. The molecule has 0 radical (unpaired) electrons. The molecule has 0 nitrogen and oxygen atoms in total. The number of halogens is 2. The van der Waals surface area contributed by atoms with E-state index in [1.807, 2.05) is 30.3 Å². The molecule has 96 valence electrons. The molecule has 0 aliphatic carbocycles. The molecule has 20 heavy (non-hydrogen) atoms. The van der Waals surface area contributed by atoms with E-state index >= 15 is 0 Å². The van der Waals surface area contributed by atoms with Crippen LogP contribution < -0.4 is 0 Å². The van der Waals surface area contributed by atoms with Gasteiger partial charge in [0.25, 0.3) is 0 Å². The molecule has 0 heterocycles. The van der Waals surface area contributed by atoms with Gasteiger partial charge in [0.1, 0.15) is 11.6 Å². The van der Waals surface area contributed by atoms with Crippen molar-refractivity contribution in [3.63, 3.8) is 0 Å². The summed E-state index contributed by atoms with van der Waals surface area (Å²) in [5, 5.41) is 3.00. The van der Waals surface area contributed by atoms with Crippen LogP contribution in [0, 0.1) is 11.6 Å². The molecule has 0 aliphatic heterocycles. The van der Waals surface area contributed by atoms with E-state index in [1.54, 1.807) is 30.3 Å². The van der Waals surface area contributed by atoms with E-state index in [9.17, 15) is 8.78 Å². The Balaban J connectivity index is 2.38. The van der Waals surface area contributed by atoms with Crippen molar-refractivity contribution in [2.24, 2.45) is 0 Å². The van der Waals surface area contributed by atoms with Crippen molar-refractivity contribution < 1.29 is 8.78 Å². The summed E-state index contributed by atoms with van der Waals surface area (Å²) in [7, 11) is 0. The van der Waals surface area contributed by atoms with E-state index < -0.39 is 0 Å². The molecule has 0 N–H and O–H groups in total. The number of hydrogen-bond acceptors (Lipinski definition) is 0. The van der Waals surface area contributed by atoms with Crippen LogP contribution in [0.3, 0.4) is 0 Å². The maximum atomic E-state index is 14.8. The van der Waals surface area contributed by atoms with Gasteiger partial charge in [0.05, 0.1) is 0 Å². The molecular formula is C18H10F2. The van der Waals surface area contributed by atoms with Crippen LogP contribution in [-0.2, 0) is 0 Å². The molecule has 0 aromatic heterocycles. The Morgan fingerprint density at radius 2 is 1.10 bits per heavy atom. The first kappa shape index (κ1) is 11.4. The smallest absolute Gasteiger partial charge is 0.139 e. The Morgan fingerprint density at radius 1 is 0.500 bits per heavy atom. The lowest BCUT2D eigenvalue weighted by atomic mass is 9.97. The van der Waals surface area contributed by atoms with Gasteiger partial charge in [0, 0.05) is 21.5 Å². The fourth-order valence-corrected chi connectivity index (χ4v) is 2.84. The van der Waals surface area contributed by atoms with Crippen molar-refractivity contribution in [2.45, 2.75) is 0 Å². The average Bonchev–Trinajstić information content (AvgIpc) is 2.51. The second-order valence-corrected chi connectivity index (χ2v) is 4.88. The van der Waals surface area contributed by atoms with Gasteiger partial charge in [-0.05, 0) is 10.8 Å². The lowest BCUT2D eigenvalue weighted by Gasteiger charge is -2.10. The molecular weight excluding hydrogens is 254 g/mol. The van der Waals surface area contributed by atoms with Crippen LogP contribution in [0.1, 0.15) is 0 Å². The summed E-state index contributed by atoms with van der Waals surface area (Å²) in [6, 6.07) is 17.6. The van der Waals surface area contributed by atoms with Gasteiger partial charge in [-0.1, -0.05) is 60.7 Å². The first-order valence-electron chi connectivity index (χ1n) is 6.44. The highest BCUT2D eigenvalue weighted by Gasteiger charge is 2.15. The molecule has 4 aromatic rings. The van der Waals surface area contributed by atoms with Crippen LogP contribution in [0.2, 0.25) is 0 Å². The number of fused-ring (bicyclic) bond motifs is 4. The summed E-state index contributed by atoms with van der Waals surface area (Å²) in [6.45, 7) is 0. The van der Waals surface area contributed by atoms with Gasteiger partial charge in [-0.2, -0.15) is 0 Å². The molecule has 0 amide bonds. The van der Waals surface area contributed by atoms with Gasteiger partial charge in [0.2, 0.25) is 0 Å². The maximum absolute atomic E-state index is 14.8. The lowest BCUT2D eigenvalue weighted by molar-refractivity contribution is 0.635. The van der Waals surface area contributed by atoms with Crippen molar-refractivity contribution in [3.05, 3.63) is 72.3 Å². The Hall–Kier alpha value is -2.48. The quantitative estimate of drug-likeness (QED) is 0.293. The van der Waals surface area contributed by atoms with Gasteiger partial charge in [-0.15, -0.1) is 0 Å². The van der Waals surface area contributed by atoms with E-state index in [2.05, 4.69) is 0 Å². The Kier molecular flexibility index (Phi) is 2.27. The summed E-state index contributed by atoms with van der Waals surface area (Å²) in [6.07, 6.45) is 0. The molecule has 0 bridgehead atoms. The third-order valence-electron chi connectivity index (χ3n) is 3.78. The molecule has 0 aliphatic rings. The zero-order valence-corrected chi connectivity index (χ0v) is 10.5. The van der Waals surface area contributed by atoms with E-state index in [4.69, 9.17) is 0 Å². The summed E-state index contributed by atoms with van der Waals surface area (Å²) in [5.41, 5.74) is 0. The number of hydrogen-bond donors (Lipinski definition) is 0. The standard InChI is InChI=1S/C18H10F2/c19-17-13-7-3-4-8-14(13)18(20)16-12-6-2-1-5-11(12)9-10-15(16)17/h1-10H. The van der Waals surface area contributed by atoms with Gasteiger partial charge >= 0.3 is 0 Å². The molecule has 0 fully saturated rings. The van der Waals surface area contributed by atoms with Crippen LogP contribution in [0.4, 0.5) is 8.78 Å². The van der Waals surface area contributed by atoms with Crippen molar-refractivity contribution in [2.75, 3.05) is 0 Å². The van der Waals surface area contributed by atoms with E-state index in [1.165, 1.54) is 0 Å². The minimum absolute atomic E-state index is 0.327. The van der Waals surface area contributed by atoms with E-state index in [-0.39, 0.29) is 11.6 Å². The summed E-state index contributed by atoms with van der Waals surface area (Å²) in [5.74, 6) is -0.712. The van der Waals surface area contributed by atoms with Gasteiger partial charge in [-0.3, -0.25) is 0 Å². The fraction of sp³-hybridized carbons (Fsp3) is 0. The van der Waals surface area contributed by atoms with Crippen LogP contribution >= 0.6 is 0 Å². The van der Waals surface area contributed by atoms with Crippen LogP contribution in [-0.4, -0.2) is 0 Å². The van der Waals surface area contributed by atoms with Gasteiger partial charge < -0.3 is 0 Å². The second-order valence-electron chi connectivity index (χ2n) is 4.88. The first-order chi connectivity index (χ1) is 9.77. The third-order valence-corrected chi connectivity index (χ3v) is 3.78. The minimum Gasteiger partial charge on any atom is -0.206 e. The molecule has 0 saturated heterocycles. The first-order valence-corrected chi connectivity index (χ1v) is 6.44. The van der Waals surface area contributed by atoms with Crippen LogP contribution in [0.15, 0.2) is 60.7 Å². The molecule has 4 rings (SSSR count). The Morgan fingerprint density at radius 3 is 1.85 bits per heavy atom. The summed E-state index contributed by atoms with van der Waals surface area (Å²) < 4.78 is 29.4.